The zero-order chi connectivity index (χ0) is 9.84. The molecule has 3 heteroatoms. The van der Waals surface area contributed by atoms with Crippen molar-refractivity contribution in [1.82, 2.24) is 0 Å². The van der Waals surface area contributed by atoms with Crippen LogP contribution in [0.1, 0.15) is 19.4 Å². The van der Waals surface area contributed by atoms with E-state index in [4.69, 9.17) is 0 Å². The summed E-state index contributed by atoms with van der Waals surface area (Å²) in [7, 11) is -0.983. The Bertz CT molecular complexity index is 310. The van der Waals surface area contributed by atoms with Gasteiger partial charge in [0.1, 0.15) is 11.0 Å². The average molecular weight is 197 g/mol. The molecular weight excluding hydrogens is 182 g/mol. The fourth-order valence-electron chi connectivity index (χ4n) is 0.914. The maximum atomic E-state index is 11.5. The molecular formula is C10H15NOS. The highest BCUT2D eigenvalue weighted by Crippen LogP contribution is 2.14. The van der Waals surface area contributed by atoms with Gasteiger partial charge in [0.05, 0.1) is 0 Å². The molecule has 0 fully saturated rings. The Morgan fingerprint density at radius 3 is 2.46 bits per heavy atom. The van der Waals surface area contributed by atoms with Crippen LogP contribution in [0.4, 0.5) is 5.69 Å². The van der Waals surface area contributed by atoms with Gasteiger partial charge >= 0.3 is 0 Å². The normalized spacial score (nSPS) is 12.9. The molecule has 1 unspecified atom stereocenters. The molecule has 0 aliphatic rings. The molecule has 1 aromatic carbocycles. The van der Waals surface area contributed by atoms with Crippen molar-refractivity contribution in [3.05, 3.63) is 29.8 Å². The van der Waals surface area contributed by atoms with Gasteiger partial charge in [0.25, 0.3) is 0 Å². The molecule has 0 heterocycles. The van der Waals surface area contributed by atoms with Crippen LogP contribution in [0.25, 0.3) is 0 Å². The summed E-state index contributed by atoms with van der Waals surface area (Å²) >= 11 is 0. The minimum atomic E-state index is -0.983. The van der Waals surface area contributed by atoms with Gasteiger partial charge in [-0.1, -0.05) is 18.2 Å². The van der Waals surface area contributed by atoms with Gasteiger partial charge in [-0.25, -0.2) is 4.21 Å². The second-order valence-electron chi connectivity index (χ2n) is 3.26. The Labute approximate surface area is 82.0 Å². The molecule has 0 spiro atoms. The highest BCUT2D eigenvalue weighted by Gasteiger charge is 2.05. The van der Waals surface area contributed by atoms with Crippen molar-refractivity contribution >= 4 is 16.7 Å². The fraction of sp³-hybridized carbons (Fsp3) is 0.400. The maximum absolute atomic E-state index is 11.5. The van der Waals surface area contributed by atoms with Crippen LogP contribution in [-0.4, -0.2) is 9.46 Å². The van der Waals surface area contributed by atoms with E-state index in [1.54, 1.807) is 0 Å². The van der Waals surface area contributed by atoms with Gasteiger partial charge in [0.2, 0.25) is 0 Å². The fourth-order valence-corrected chi connectivity index (χ4v) is 1.60. The summed E-state index contributed by atoms with van der Waals surface area (Å²) in [5.41, 5.74) is 2.08. The molecule has 72 valence electrons. The summed E-state index contributed by atoms with van der Waals surface area (Å²) in [6.45, 7) is 5.86. The van der Waals surface area contributed by atoms with Crippen molar-refractivity contribution in [2.24, 2.45) is 0 Å². The summed E-state index contributed by atoms with van der Waals surface area (Å²) in [6, 6.07) is 7.85. The van der Waals surface area contributed by atoms with E-state index in [9.17, 15) is 4.21 Å². The smallest absolute Gasteiger partial charge is 0.119 e. The molecule has 1 N–H and O–H groups in total. The Hall–Kier alpha value is -0.830. The van der Waals surface area contributed by atoms with Crippen LogP contribution in [-0.2, 0) is 11.0 Å². The molecule has 13 heavy (non-hydrogen) atoms. The maximum Gasteiger partial charge on any atom is 0.119 e. The zero-order valence-corrected chi connectivity index (χ0v) is 9.02. The van der Waals surface area contributed by atoms with Gasteiger partial charge in [-0.15, -0.1) is 0 Å². The Balaban J connectivity index is 2.75. The van der Waals surface area contributed by atoms with Gasteiger partial charge in [-0.2, -0.15) is 0 Å². The van der Waals surface area contributed by atoms with Crippen molar-refractivity contribution in [2.75, 3.05) is 4.72 Å². The zero-order valence-electron chi connectivity index (χ0n) is 8.20. The first-order valence-electron chi connectivity index (χ1n) is 4.34. The minimum Gasteiger partial charge on any atom is -0.305 e. The predicted molar refractivity (Wildman–Crippen MR) is 58.1 cm³/mol. The molecule has 0 aliphatic heterocycles. The Kier molecular flexibility index (Phi) is 3.48. The molecule has 0 bridgehead atoms. The molecule has 1 atom stereocenters. The van der Waals surface area contributed by atoms with Gasteiger partial charge in [-0.3, -0.25) is 0 Å². The van der Waals surface area contributed by atoms with Gasteiger partial charge in [0, 0.05) is 10.9 Å². The number of hydrogen-bond donors (Lipinski definition) is 1. The average Bonchev–Trinajstić information content (AvgIpc) is 2.08. The van der Waals surface area contributed by atoms with Gasteiger partial charge < -0.3 is 4.72 Å². The van der Waals surface area contributed by atoms with E-state index >= 15 is 0 Å². The van der Waals surface area contributed by atoms with Crippen LogP contribution < -0.4 is 4.72 Å². The van der Waals surface area contributed by atoms with E-state index in [0.29, 0.717) is 0 Å². The first kappa shape index (κ1) is 10.3. The molecule has 0 saturated carbocycles. The van der Waals surface area contributed by atoms with Crippen LogP contribution in [0.15, 0.2) is 24.3 Å². The number of nitrogens with one attached hydrogen (secondary N) is 1. The van der Waals surface area contributed by atoms with E-state index in [0.717, 1.165) is 11.3 Å². The van der Waals surface area contributed by atoms with Crippen LogP contribution >= 0.6 is 0 Å². The SMILES string of the molecule is Cc1ccccc1NS(=O)C(C)C. The van der Waals surface area contributed by atoms with Crippen molar-refractivity contribution in [2.45, 2.75) is 26.0 Å². The molecule has 0 aliphatic carbocycles. The third-order valence-corrected chi connectivity index (χ3v) is 3.06. The number of benzene rings is 1. The topological polar surface area (TPSA) is 29.1 Å². The summed E-state index contributed by atoms with van der Waals surface area (Å²) in [4.78, 5) is 0. The van der Waals surface area contributed by atoms with Crippen molar-refractivity contribution < 1.29 is 4.21 Å². The van der Waals surface area contributed by atoms with E-state index in [1.807, 2.05) is 45.0 Å². The second kappa shape index (κ2) is 4.42. The minimum absolute atomic E-state index is 0.139. The van der Waals surface area contributed by atoms with Crippen molar-refractivity contribution in [3.63, 3.8) is 0 Å². The van der Waals surface area contributed by atoms with Crippen LogP contribution in [0, 0.1) is 6.92 Å². The predicted octanol–water partition coefficient (Wildman–Crippen LogP) is 2.48. The third-order valence-electron chi connectivity index (χ3n) is 1.78. The lowest BCUT2D eigenvalue weighted by atomic mass is 10.2. The highest BCUT2D eigenvalue weighted by atomic mass is 32.2. The molecule has 0 radical (unpaired) electrons. The van der Waals surface area contributed by atoms with E-state index in [-0.39, 0.29) is 5.25 Å². The third kappa shape index (κ3) is 2.84. The molecule has 1 rings (SSSR count). The lowest BCUT2D eigenvalue weighted by molar-refractivity contribution is 0.680. The molecule has 1 aromatic rings. The first-order chi connectivity index (χ1) is 6.11. The lowest BCUT2D eigenvalue weighted by Crippen LogP contribution is -2.15. The first-order valence-corrected chi connectivity index (χ1v) is 5.55. The summed E-state index contributed by atoms with van der Waals surface area (Å²) in [5, 5.41) is 0.139. The van der Waals surface area contributed by atoms with Crippen LogP contribution in [0.2, 0.25) is 0 Å². The number of hydrogen-bond acceptors (Lipinski definition) is 1. The lowest BCUT2D eigenvalue weighted by Gasteiger charge is -2.10. The molecule has 0 amide bonds. The van der Waals surface area contributed by atoms with Crippen LogP contribution in [0.3, 0.4) is 0 Å². The van der Waals surface area contributed by atoms with Gasteiger partial charge in [-0.05, 0) is 32.4 Å². The largest absolute Gasteiger partial charge is 0.305 e. The summed E-state index contributed by atoms with van der Waals surface area (Å²) in [5.74, 6) is 0. The highest BCUT2D eigenvalue weighted by molar-refractivity contribution is 7.86. The molecule has 2 nitrogen and oxygen atoms in total. The molecule has 0 saturated heterocycles. The number of para-hydroxylation sites is 1. The van der Waals surface area contributed by atoms with E-state index in [1.165, 1.54) is 0 Å². The summed E-state index contributed by atoms with van der Waals surface area (Å²) in [6.07, 6.45) is 0. The van der Waals surface area contributed by atoms with Crippen molar-refractivity contribution in [3.8, 4) is 0 Å². The Morgan fingerprint density at radius 2 is 1.92 bits per heavy atom. The quantitative estimate of drug-likeness (QED) is 0.792. The number of anilines is 1. The number of rotatable bonds is 3. The van der Waals surface area contributed by atoms with Crippen LogP contribution in [0.5, 0.6) is 0 Å². The van der Waals surface area contributed by atoms with E-state index in [2.05, 4.69) is 4.72 Å². The van der Waals surface area contributed by atoms with Crippen molar-refractivity contribution in [1.29, 1.82) is 0 Å². The Morgan fingerprint density at radius 1 is 1.31 bits per heavy atom. The number of aryl methyl sites for hydroxylation is 1. The molecule has 0 aromatic heterocycles. The monoisotopic (exact) mass is 197 g/mol. The standard InChI is InChI=1S/C10H15NOS/c1-8(2)13(12)11-10-7-5-4-6-9(10)3/h4-8,11H,1-3H3. The second-order valence-corrected chi connectivity index (χ2v) is 5.00. The van der Waals surface area contributed by atoms with Gasteiger partial charge in [0.15, 0.2) is 0 Å². The van der Waals surface area contributed by atoms with E-state index < -0.39 is 11.0 Å². The summed E-state index contributed by atoms with van der Waals surface area (Å²) < 4.78 is 14.4.